The Bertz CT molecular complexity index is 167. The molecule has 0 aromatic carbocycles. The summed E-state index contributed by atoms with van der Waals surface area (Å²) in [6, 6.07) is 0. The maximum atomic E-state index is 3.96. The van der Waals surface area contributed by atoms with Crippen molar-refractivity contribution in [3.05, 3.63) is 24.4 Å². The number of hydrogen-bond donors (Lipinski definition) is 2. The van der Waals surface area contributed by atoms with E-state index in [4.69, 9.17) is 0 Å². The molecule has 1 aliphatic heterocycles. The number of rotatable bonds is 0. The smallest absolute Gasteiger partial charge is 0.113 e. The maximum absolute atomic E-state index is 3.96. The van der Waals surface area contributed by atoms with Gasteiger partial charge in [0.2, 0.25) is 0 Å². The zero-order valence-corrected chi connectivity index (χ0v) is 5.15. The molecule has 3 heteroatoms. The molecule has 0 amide bonds. The molecule has 1 heterocycles. The van der Waals surface area contributed by atoms with Gasteiger partial charge < -0.3 is 0 Å². The Kier molecular flexibility index (Phi) is 1.39. The predicted molar refractivity (Wildman–Crippen MR) is 37.8 cm³/mol. The molecule has 1 N–H and O–H groups in total. The van der Waals surface area contributed by atoms with E-state index in [0.29, 0.717) is 5.04 Å². The molecule has 8 heavy (non-hydrogen) atoms. The van der Waals surface area contributed by atoms with E-state index < -0.39 is 0 Å². The minimum atomic E-state index is 0.678. The van der Waals surface area contributed by atoms with E-state index in [9.17, 15) is 0 Å². The first-order chi connectivity index (χ1) is 3.79. The zero-order valence-electron chi connectivity index (χ0n) is 4.26. The lowest BCUT2D eigenvalue weighted by molar-refractivity contribution is 0.920. The van der Waals surface area contributed by atoms with Gasteiger partial charge in [-0.05, 0) is 12.2 Å². The average Bonchev–Trinajstić information content (AvgIpc) is 1.77. The highest BCUT2D eigenvalue weighted by Crippen LogP contribution is 1.97. The van der Waals surface area contributed by atoms with Crippen LogP contribution < -0.4 is 5.43 Å². The van der Waals surface area contributed by atoms with Crippen LogP contribution in [0.1, 0.15) is 0 Å². The first kappa shape index (κ1) is 5.44. The fourth-order valence-electron chi connectivity index (χ4n) is 0.379. The first-order valence-corrected chi connectivity index (χ1v) is 2.63. The number of thiol groups is 1. The van der Waals surface area contributed by atoms with Crippen LogP contribution in [0.4, 0.5) is 0 Å². The fraction of sp³-hybridized carbons (Fsp3) is 0. The first-order valence-electron chi connectivity index (χ1n) is 2.19. The minimum absolute atomic E-state index is 0.678. The molecule has 0 aromatic rings. The van der Waals surface area contributed by atoms with Gasteiger partial charge in [0.1, 0.15) is 5.04 Å². The van der Waals surface area contributed by atoms with Crippen molar-refractivity contribution in [2.75, 3.05) is 0 Å². The summed E-state index contributed by atoms with van der Waals surface area (Å²) < 4.78 is 0. The Labute approximate surface area is 53.4 Å². The molecule has 0 atom stereocenters. The molecule has 0 saturated heterocycles. The Morgan fingerprint density at radius 2 is 2.38 bits per heavy atom. The zero-order chi connectivity index (χ0) is 5.98. The van der Waals surface area contributed by atoms with Gasteiger partial charge in [-0.25, -0.2) is 0 Å². The maximum Gasteiger partial charge on any atom is 0.113 e. The third kappa shape index (κ3) is 1.13. The standard InChI is InChI=1S/C5H6N2S/c1-4-2-3-5(8)7-6-4/h2-3,6H,1H2,(H,7,8). The second-order valence-electron chi connectivity index (χ2n) is 1.44. The third-order valence-corrected chi connectivity index (χ3v) is 0.997. The van der Waals surface area contributed by atoms with Gasteiger partial charge in [0.05, 0.1) is 0 Å². The van der Waals surface area contributed by atoms with E-state index in [0.717, 1.165) is 5.70 Å². The summed E-state index contributed by atoms with van der Waals surface area (Å²) in [6.45, 7) is 3.61. The monoisotopic (exact) mass is 126 g/mol. The molecule has 0 spiro atoms. The van der Waals surface area contributed by atoms with Crippen LogP contribution in [0.2, 0.25) is 0 Å². The van der Waals surface area contributed by atoms with Gasteiger partial charge in [-0.1, -0.05) is 6.58 Å². The molecule has 1 rings (SSSR count). The van der Waals surface area contributed by atoms with E-state index in [1.165, 1.54) is 0 Å². The van der Waals surface area contributed by atoms with Gasteiger partial charge in [0, 0.05) is 5.70 Å². The Morgan fingerprint density at radius 3 is 2.75 bits per heavy atom. The van der Waals surface area contributed by atoms with Crippen LogP contribution in [0.3, 0.4) is 0 Å². The van der Waals surface area contributed by atoms with E-state index in [-0.39, 0.29) is 0 Å². The van der Waals surface area contributed by atoms with Crippen molar-refractivity contribution < 1.29 is 0 Å². The van der Waals surface area contributed by atoms with Crippen LogP contribution in [0.15, 0.2) is 29.5 Å². The van der Waals surface area contributed by atoms with Gasteiger partial charge in [0.25, 0.3) is 0 Å². The van der Waals surface area contributed by atoms with Crippen LogP contribution in [0.5, 0.6) is 0 Å². The summed E-state index contributed by atoms with van der Waals surface area (Å²) in [7, 11) is 0. The van der Waals surface area contributed by atoms with Crippen LogP contribution in [0.25, 0.3) is 0 Å². The van der Waals surface area contributed by atoms with Gasteiger partial charge in [-0.2, -0.15) is 5.10 Å². The molecule has 0 unspecified atom stereocenters. The molecule has 42 valence electrons. The molecular formula is C5H6N2S. The molecule has 0 fully saturated rings. The molecule has 0 aromatic heterocycles. The van der Waals surface area contributed by atoms with Gasteiger partial charge in [-0.15, -0.1) is 12.6 Å². The molecule has 2 nitrogen and oxygen atoms in total. The highest BCUT2D eigenvalue weighted by molar-refractivity contribution is 7.97. The Balaban J connectivity index is 2.71. The normalized spacial score (nSPS) is 17.6. The van der Waals surface area contributed by atoms with Gasteiger partial charge in [-0.3, -0.25) is 5.43 Å². The summed E-state index contributed by atoms with van der Waals surface area (Å²) in [5.74, 6) is 0. The van der Waals surface area contributed by atoms with Crippen molar-refractivity contribution in [3.63, 3.8) is 0 Å². The molecular weight excluding hydrogens is 120 g/mol. The van der Waals surface area contributed by atoms with Gasteiger partial charge >= 0.3 is 0 Å². The molecule has 0 bridgehead atoms. The Hall–Kier alpha value is -0.700. The quantitative estimate of drug-likeness (QED) is 0.463. The summed E-state index contributed by atoms with van der Waals surface area (Å²) >= 11 is 3.96. The fourth-order valence-corrected chi connectivity index (χ4v) is 0.503. The molecule has 1 aliphatic rings. The van der Waals surface area contributed by atoms with E-state index in [1.807, 2.05) is 6.08 Å². The second-order valence-corrected chi connectivity index (χ2v) is 1.90. The number of allylic oxidation sites excluding steroid dienone is 1. The largest absolute Gasteiger partial charge is 0.278 e. The van der Waals surface area contributed by atoms with Crippen LogP contribution in [-0.2, 0) is 0 Å². The molecule has 0 saturated carbocycles. The van der Waals surface area contributed by atoms with Crippen LogP contribution in [-0.4, -0.2) is 5.04 Å². The van der Waals surface area contributed by atoms with Crippen LogP contribution >= 0.6 is 12.6 Å². The van der Waals surface area contributed by atoms with Crippen molar-refractivity contribution in [2.45, 2.75) is 0 Å². The molecule has 0 aliphatic carbocycles. The highest BCUT2D eigenvalue weighted by Gasteiger charge is 1.91. The number of nitrogens with one attached hydrogen (secondary N) is 1. The van der Waals surface area contributed by atoms with Crippen molar-refractivity contribution in [3.8, 4) is 0 Å². The van der Waals surface area contributed by atoms with Crippen molar-refractivity contribution in [2.24, 2.45) is 5.10 Å². The highest BCUT2D eigenvalue weighted by atomic mass is 32.1. The second kappa shape index (κ2) is 2.05. The third-order valence-electron chi connectivity index (χ3n) is 0.748. The molecule has 0 radical (unpaired) electrons. The number of hydrogen-bond acceptors (Lipinski definition) is 2. The lowest BCUT2D eigenvalue weighted by Crippen LogP contribution is -2.07. The van der Waals surface area contributed by atoms with Gasteiger partial charge in [0.15, 0.2) is 0 Å². The number of hydrazone groups is 1. The van der Waals surface area contributed by atoms with Crippen molar-refractivity contribution >= 4 is 17.7 Å². The summed E-state index contributed by atoms with van der Waals surface area (Å²) in [5, 5.41) is 4.43. The van der Waals surface area contributed by atoms with E-state index >= 15 is 0 Å². The van der Waals surface area contributed by atoms with E-state index in [2.05, 4.69) is 29.7 Å². The van der Waals surface area contributed by atoms with Crippen LogP contribution in [0, 0.1) is 0 Å². The van der Waals surface area contributed by atoms with E-state index in [1.54, 1.807) is 6.08 Å². The van der Waals surface area contributed by atoms with Crippen molar-refractivity contribution in [1.82, 2.24) is 5.43 Å². The lowest BCUT2D eigenvalue weighted by atomic mass is 10.4. The van der Waals surface area contributed by atoms with Crippen molar-refractivity contribution in [1.29, 1.82) is 0 Å². The average molecular weight is 126 g/mol. The minimum Gasteiger partial charge on any atom is -0.278 e. The Morgan fingerprint density at radius 1 is 1.62 bits per heavy atom. The SMILES string of the molecule is C=C1C=CC(S)=NN1. The topological polar surface area (TPSA) is 24.4 Å². The summed E-state index contributed by atoms with van der Waals surface area (Å²) in [6.07, 6.45) is 3.59. The predicted octanol–water partition coefficient (Wildman–Crippen LogP) is 0.903. The number of nitrogens with zero attached hydrogens (tertiary/aromatic N) is 1. The summed E-state index contributed by atoms with van der Waals surface area (Å²) in [4.78, 5) is 0. The summed E-state index contributed by atoms with van der Waals surface area (Å²) in [5.41, 5.74) is 3.46. The lowest BCUT2D eigenvalue weighted by Gasteiger charge is -2.02.